The standard InChI is InChI=1S/C17H28N4O5/c1-5-7-13(22)19-14(10(2)3)15(23)18-11(4)16(24)21-9-6-8-12(20-21)17(25)26/h5,7,10-12,14,20H,6,8-9H2,1-4H3,(H,18,23)(H,19,22)(H,25,26)/b7-5+/t11-,12-,14-/m0/s1. The van der Waals surface area contributed by atoms with E-state index < -0.39 is 35.9 Å². The Bertz CT molecular complexity index is 576. The molecule has 0 aliphatic carbocycles. The molecule has 4 N–H and O–H groups in total. The molecular formula is C17H28N4O5. The molecule has 9 nitrogen and oxygen atoms in total. The molecule has 1 rings (SSSR count). The zero-order valence-electron chi connectivity index (χ0n) is 15.6. The average molecular weight is 368 g/mol. The Labute approximate surface area is 153 Å². The summed E-state index contributed by atoms with van der Waals surface area (Å²) < 4.78 is 0. The van der Waals surface area contributed by atoms with Gasteiger partial charge in [0.25, 0.3) is 5.91 Å². The molecule has 3 atom stereocenters. The molecule has 3 amide bonds. The Hall–Kier alpha value is -2.42. The van der Waals surface area contributed by atoms with Gasteiger partial charge in [0.15, 0.2) is 0 Å². The molecule has 1 aliphatic heterocycles. The van der Waals surface area contributed by atoms with Crippen LogP contribution in [-0.4, -0.2) is 58.5 Å². The number of nitrogens with one attached hydrogen (secondary N) is 3. The van der Waals surface area contributed by atoms with Crippen molar-refractivity contribution in [2.24, 2.45) is 5.92 Å². The number of hydrogen-bond donors (Lipinski definition) is 4. The van der Waals surface area contributed by atoms with Gasteiger partial charge in [-0.2, -0.15) is 0 Å². The van der Waals surface area contributed by atoms with Crippen LogP contribution in [0.15, 0.2) is 12.2 Å². The first-order chi connectivity index (χ1) is 12.2. The van der Waals surface area contributed by atoms with E-state index in [9.17, 15) is 19.2 Å². The average Bonchev–Trinajstić information content (AvgIpc) is 2.58. The Kier molecular flexibility index (Phi) is 8.24. The monoisotopic (exact) mass is 368 g/mol. The lowest BCUT2D eigenvalue weighted by Crippen LogP contribution is -2.60. The summed E-state index contributed by atoms with van der Waals surface area (Å²) in [4.78, 5) is 47.7. The van der Waals surface area contributed by atoms with Crippen LogP contribution in [0.1, 0.15) is 40.5 Å². The minimum Gasteiger partial charge on any atom is -0.480 e. The van der Waals surface area contributed by atoms with E-state index in [1.807, 2.05) is 0 Å². The Morgan fingerprint density at radius 3 is 2.38 bits per heavy atom. The normalized spacial score (nSPS) is 19.9. The van der Waals surface area contributed by atoms with E-state index in [-0.39, 0.29) is 11.8 Å². The number of rotatable bonds is 7. The Balaban J connectivity index is 2.69. The van der Waals surface area contributed by atoms with Crippen molar-refractivity contribution in [2.45, 2.75) is 58.7 Å². The number of nitrogens with zero attached hydrogens (tertiary/aromatic N) is 1. The molecule has 0 spiro atoms. The van der Waals surface area contributed by atoms with Gasteiger partial charge in [-0.1, -0.05) is 19.9 Å². The lowest BCUT2D eigenvalue weighted by molar-refractivity contribution is -0.148. The van der Waals surface area contributed by atoms with Gasteiger partial charge in [-0.3, -0.25) is 24.2 Å². The van der Waals surface area contributed by atoms with Crippen LogP contribution >= 0.6 is 0 Å². The van der Waals surface area contributed by atoms with E-state index in [4.69, 9.17) is 5.11 Å². The zero-order valence-corrected chi connectivity index (χ0v) is 15.6. The van der Waals surface area contributed by atoms with Crippen LogP contribution in [0.4, 0.5) is 0 Å². The quantitative estimate of drug-likeness (QED) is 0.460. The summed E-state index contributed by atoms with van der Waals surface area (Å²) in [5, 5.41) is 15.5. The summed E-state index contributed by atoms with van der Waals surface area (Å²) in [5.41, 5.74) is 2.66. The minimum absolute atomic E-state index is 0.170. The second-order valence-electron chi connectivity index (χ2n) is 6.61. The molecule has 146 valence electrons. The van der Waals surface area contributed by atoms with Gasteiger partial charge < -0.3 is 15.7 Å². The SMILES string of the molecule is C/C=C/C(=O)N[C@H](C(=O)N[C@@H](C)C(=O)N1CCC[C@@H](C(=O)O)N1)C(C)C. The van der Waals surface area contributed by atoms with Gasteiger partial charge in [-0.25, -0.2) is 5.43 Å². The first-order valence-electron chi connectivity index (χ1n) is 8.71. The van der Waals surface area contributed by atoms with E-state index in [0.29, 0.717) is 19.4 Å². The number of allylic oxidation sites excluding steroid dienone is 1. The predicted octanol–water partition coefficient (Wildman–Crippen LogP) is -0.212. The van der Waals surface area contributed by atoms with Gasteiger partial charge in [0, 0.05) is 6.54 Å². The number of hydrogen-bond acceptors (Lipinski definition) is 5. The number of carboxylic acids is 1. The van der Waals surface area contributed by atoms with Crippen molar-refractivity contribution in [1.82, 2.24) is 21.1 Å². The van der Waals surface area contributed by atoms with Crippen LogP contribution < -0.4 is 16.1 Å². The fourth-order valence-electron chi connectivity index (χ4n) is 2.61. The summed E-state index contributed by atoms with van der Waals surface area (Å²) >= 11 is 0. The Morgan fingerprint density at radius 2 is 1.85 bits per heavy atom. The molecule has 0 saturated carbocycles. The van der Waals surface area contributed by atoms with Crippen LogP contribution in [0.5, 0.6) is 0 Å². The molecule has 1 saturated heterocycles. The maximum atomic E-state index is 12.5. The summed E-state index contributed by atoms with van der Waals surface area (Å²) in [6.45, 7) is 7.17. The number of aliphatic carboxylic acids is 1. The predicted molar refractivity (Wildman–Crippen MR) is 94.7 cm³/mol. The smallest absolute Gasteiger partial charge is 0.322 e. The highest BCUT2D eigenvalue weighted by Gasteiger charge is 2.32. The molecule has 1 heterocycles. The largest absolute Gasteiger partial charge is 0.480 e. The summed E-state index contributed by atoms with van der Waals surface area (Å²) in [7, 11) is 0. The van der Waals surface area contributed by atoms with Crippen molar-refractivity contribution in [3.05, 3.63) is 12.2 Å². The molecule has 0 radical (unpaired) electrons. The molecule has 26 heavy (non-hydrogen) atoms. The van der Waals surface area contributed by atoms with Crippen molar-refractivity contribution in [2.75, 3.05) is 6.54 Å². The van der Waals surface area contributed by atoms with Gasteiger partial charge >= 0.3 is 5.97 Å². The molecule has 0 unspecified atom stereocenters. The first kappa shape index (κ1) is 21.6. The number of carbonyl (C=O) groups excluding carboxylic acids is 3. The van der Waals surface area contributed by atoms with Crippen LogP contribution in [-0.2, 0) is 19.2 Å². The summed E-state index contributed by atoms with van der Waals surface area (Å²) in [6.07, 6.45) is 3.88. The minimum atomic E-state index is -1.02. The molecule has 0 aromatic rings. The second kappa shape index (κ2) is 9.91. The third-order valence-corrected chi connectivity index (χ3v) is 4.04. The second-order valence-corrected chi connectivity index (χ2v) is 6.61. The van der Waals surface area contributed by atoms with E-state index >= 15 is 0 Å². The van der Waals surface area contributed by atoms with E-state index in [1.165, 1.54) is 18.0 Å². The summed E-state index contributed by atoms with van der Waals surface area (Å²) in [5.74, 6) is -2.47. The lowest BCUT2D eigenvalue weighted by atomic mass is 10.0. The first-order valence-corrected chi connectivity index (χ1v) is 8.71. The van der Waals surface area contributed by atoms with Crippen molar-refractivity contribution >= 4 is 23.7 Å². The fraction of sp³-hybridized carbons (Fsp3) is 0.647. The number of amides is 3. The van der Waals surface area contributed by atoms with E-state index in [2.05, 4.69) is 16.1 Å². The van der Waals surface area contributed by atoms with Gasteiger partial charge in [0.2, 0.25) is 11.8 Å². The Morgan fingerprint density at radius 1 is 1.19 bits per heavy atom. The highest BCUT2D eigenvalue weighted by molar-refractivity contribution is 5.94. The van der Waals surface area contributed by atoms with Crippen LogP contribution in [0.2, 0.25) is 0 Å². The van der Waals surface area contributed by atoms with Gasteiger partial charge in [-0.05, 0) is 38.7 Å². The molecule has 0 aromatic carbocycles. The highest BCUT2D eigenvalue weighted by atomic mass is 16.4. The van der Waals surface area contributed by atoms with Crippen molar-refractivity contribution in [1.29, 1.82) is 0 Å². The highest BCUT2D eigenvalue weighted by Crippen LogP contribution is 2.09. The number of carbonyl (C=O) groups is 4. The van der Waals surface area contributed by atoms with Gasteiger partial charge in [0.05, 0.1) is 0 Å². The molecule has 9 heteroatoms. The van der Waals surface area contributed by atoms with E-state index in [1.54, 1.807) is 26.8 Å². The van der Waals surface area contributed by atoms with E-state index in [0.717, 1.165) is 0 Å². The van der Waals surface area contributed by atoms with Crippen LogP contribution in [0.3, 0.4) is 0 Å². The molecule has 1 fully saturated rings. The molecule has 1 aliphatic rings. The fourth-order valence-corrected chi connectivity index (χ4v) is 2.61. The van der Waals surface area contributed by atoms with Crippen molar-refractivity contribution in [3.8, 4) is 0 Å². The number of hydrazine groups is 1. The van der Waals surface area contributed by atoms with Crippen LogP contribution in [0.25, 0.3) is 0 Å². The number of carboxylic acid groups (broad SMARTS) is 1. The van der Waals surface area contributed by atoms with Crippen molar-refractivity contribution in [3.63, 3.8) is 0 Å². The third-order valence-electron chi connectivity index (χ3n) is 4.04. The molecule has 0 aromatic heterocycles. The lowest BCUT2D eigenvalue weighted by Gasteiger charge is -2.34. The zero-order chi connectivity index (χ0) is 19.9. The molecule has 0 bridgehead atoms. The third kappa shape index (κ3) is 6.14. The maximum Gasteiger partial charge on any atom is 0.322 e. The maximum absolute atomic E-state index is 12.5. The van der Waals surface area contributed by atoms with Crippen LogP contribution in [0, 0.1) is 5.92 Å². The van der Waals surface area contributed by atoms with Gasteiger partial charge in [0.1, 0.15) is 18.1 Å². The topological polar surface area (TPSA) is 128 Å². The summed E-state index contributed by atoms with van der Waals surface area (Å²) in [6, 6.07) is -2.46. The van der Waals surface area contributed by atoms with Crippen molar-refractivity contribution < 1.29 is 24.3 Å². The van der Waals surface area contributed by atoms with Gasteiger partial charge in [-0.15, -0.1) is 0 Å². The molecular weight excluding hydrogens is 340 g/mol.